The molecule has 1 N–H and O–H groups in total. The number of nitrogens with one attached hydrogen (secondary N) is 1. The summed E-state index contributed by atoms with van der Waals surface area (Å²) >= 11 is 12.6. The average molecular weight is 529 g/mol. The molecule has 0 aliphatic heterocycles. The summed E-state index contributed by atoms with van der Waals surface area (Å²) in [5.41, 5.74) is 1.08. The Morgan fingerprint density at radius 2 is 1.56 bits per heavy atom. The van der Waals surface area contributed by atoms with Crippen LogP contribution in [-0.2, 0) is 26.2 Å². The van der Waals surface area contributed by atoms with E-state index in [-0.39, 0.29) is 43.8 Å². The van der Waals surface area contributed by atoms with E-state index in [2.05, 4.69) is 5.32 Å². The molecule has 0 aliphatic rings. The molecule has 34 heavy (non-hydrogen) atoms. The number of amides is 2. The summed E-state index contributed by atoms with van der Waals surface area (Å²) in [4.78, 5) is 27.4. The van der Waals surface area contributed by atoms with Crippen molar-refractivity contribution in [2.24, 2.45) is 0 Å². The second kappa shape index (κ2) is 12.4. The normalized spacial score (nSPS) is 12.3. The SMILES string of the molecule is CC(C)NC(=O)[C@H](C)N(Cc1c(Cl)cccc1Cl)C(=O)CCCN(c1ccccc1)S(C)(=O)=O. The van der Waals surface area contributed by atoms with Crippen molar-refractivity contribution in [3.63, 3.8) is 0 Å². The van der Waals surface area contributed by atoms with Crippen molar-refractivity contribution < 1.29 is 18.0 Å². The fraction of sp³-hybridized carbons (Fsp3) is 0.417. The first-order valence-corrected chi connectivity index (χ1v) is 13.6. The molecule has 0 saturated heterocycles. The molecule has 2 rings (SSSR count). The van der Waals surface area contributed by atoms with Gasteiger partial charge in [-0.3, -0.25) is 13.9 Å². The first-order valence-electron chi connectivity index (χ1n) is 11.0. The second-order valence-electron chi connectivity index (χ2n) is 8.34. The molecular formula is C24H31Cl2N3O4S. The predicted octanol–water partition coefficient (Wildman–Crippen LogP) is 4.48. The van der Waals surface area contributed by atoms with E-state index in [1.54, 1.807) is 55.5 Å². The number of carbonyl (C=O) groups excluding carboxylic acids is 2. The van der Waals surface area contributed by atoms with Crippen LogP contribution < -0.4 is 9.62 Å². The van der Waals surface area contributed by atoms with Gasteiger partial charge in [0, 0.05) is 41.2 Å². The van der Waals surface area contributed by atoms with Gasteiger partial charge < -0.3 is 10.2 Å². The van der Waals surface area contributed by atoms with Crippen LogP contribution in [0.5, 0.6) is 0 Å². The minimum absolute atomic E-state index is 0.0419. The van der Waals surface area contributed by atoms with Crippen LogP contribution in [0, 0.1) is 0 Å². The molecule has 10 heteroatoms. The van der Waals surface area contributed by atoms with Crippen LogP contribution in [0.3, 0.4) is 0 Å². The number of anilines is 1. The van der Waals surface area contributed by atoms with Crippen molar-refractivity contribution >= 4 is 50.7 Å². The Labute approximate surface area is 212 Å². The molecule has 0 saturated carbocycles. The molecule has 0 aromatic heterocycles. The molecule has 2 aromatic rings. The van der Waals surface area contributed by atoms with Gasteiger partial charge in [0.05, 0.1) is 11.9 Å². The molecule has 0 fully saturated rings. The Bertz CT molecular complexity index is 1070. The summed E-state index contributed by atoms with van der Waals surface area (Å²) in [6, 6.07) is 12.9. The number of hydrogen-bond acceptors (Lipinski definition) is 4. The molecule has 2 aromatic carbocycles. The van der Waals surface area contributed by atoms with Crippen LogP contribution in [0.15, 0.2) is 48.5 Å². The molecule has 0 aliphatic carbocycles. The summed E-state index contributed by atoms with van der Waals surface area (Å²) in [6.45, 7) is 5.50. The fourth-order valence-corrected chi connectivity index (χ4v) is 4.92. The maximum absolute atomic E-state index is 13.3. The Balaban J connectivity index is 2.21. The Morgan fingerprint density at radius 3 is 2.09 bits per heavy atom. The van der Waals surface area contributed by atoms with Gasteiger partial charge in [-0.05, 0) is 51.5 Å². The van der Waals surface area contributed by atoms with E-state index in [4.69, 9.17) is 23.2 Å². The largest absolute Gasteiger partial charge is 0.352 e. The highest BCUT2D eigenvalue weighted by atomic mass is 35.5. The van der Waals surface area contributed by atoms with Crippen LogP contribution >= 0.6 is 23.2 Å². The van der Waals surface area contributed by atoms with Crippen LogP contribution in [0.2, 0.25) is 10.0 Å². The Hall–Kier alpha value is -2.29. The van der Waals surface area contributed by atoms with Gasteiger partial charge in [-0.25, -0.2) is 8.42 Å². The van der Waals surface area contributed by atoms with E-state index in [1.165, 1.54) is 9.21 Å². The van der Waals surface area contributed by atoms with Crippen molar-refractivity contribution in [2.75, 3.05) is 17.1 Å². The first-order chi connectivity index (χ1) is 15.9. The van der Waals surface area contributed by atoms with Gasteiger partial charge in [0.2, 0.25) is 21.8 Å². The number of benzene rings is 2. The number of sulfonamides is 1. The minimum atomic E-state index is -3.53. The zero-order valence-corrected chi connectivity index (χ0v) is 22.1. The van der Waals surface area contributed by atoms with Crippen molar-refractivity contribution in [3.05, 3.63) is 64.1 Å². The summed E-state index contributed by atoms with van der Waals surface area (Å²) in [6.07, 6.45) is 1.44. The highest BCUT2D eigenvalue weighted by Crippen LogP contribution is 2.27. The van der Waals surface area contributed by atoms with Gasteiger partial charge >= 0.3 is 0 Å². The summed E-state index contributed by atoms with van der Waals surface area (Å²) in [5.74, 6) is -0.600. The standard InChI is InChI=1S/C24H31Cl2N3O4S/c1-17(2)27-24(31)18(3)28(16-20-21(25)12-8-13-22(20)26)23(30)14-9-15-29(34(4,32)33)19-10-6-5-7-11-19/h5-8,10-13,17-18H,9,14-16H2,1-4H3,(H,27,31)/t18-/m0/s1. The van der Waals surface area contributed by atoms with Gasteiger partial charge in [0.25, 0.3) is 0 Å². The number of halogens is 2. The molecule has 1 atom stereocenters. The monoisotopic (exact) mass is 527 g/mol. The van der Waals surface area contributed by atoms with Gasteiger partial charge in [-0.1, -0.05) is 47.5 Å². The van der Waals surface area contributed by atoms with Gasteiger partial charge in [0.15, 0.2) is 0 Å². The molecule has 0 radical (unpaired) electrons. The van der Waals surface area contributed by atoms with Crippen LogP contribution in [0.1, 0.15) is 39.2 Å². The highest BCUT2D eigenvalue weighted by Gasteiger charge is 2.28. The molecule has 186 valence electrons. The number of para-hydroxylation sites is 1. The van der Waals surface area contributed by atoms with E-state index < -0.39 is 16.1 Å². The number of rotatable bonds is 11. The zero-order valence-electron chi connectivity index (χ0n) is 19.8. The van der Waals surface area contributed by atoms with Gasteiger partial charge in [-0.2, -0.15) is 0 Å². The molecule has 0 heterocycles. The van der Waals surface area contributed by atoms with Crippen molar-refractivity contribution in [1.82, 2.24) is 10.2 Å². The van der Waals surface area contributed by atoms with E-state index in [1.807, 2.05) is 13.8 Å². The third-order valence-electron chi connectivity index (χ3n) is 5.18. The minimum Gasteiger partial charge on any atom is -0.352 e. The maximum atomic E-state index is 13.3. The fourth-order valence-electron chi connectivity index (χ4n) is 3.44. The van der Waals surface area contributed by atoms with Crippen LogP contribution in [0.25, 0.3) is 0 Å². The quantitative estimate of drug-likeness (QED) is 0.466. The summed E-state index contributed by atoms with van der Waals surface area (Å²) in [7, 11) is -3.53. The lowest BCUT2D eigenvalue weighted by Crippen LogP contribution is -2.49. The van der Waals surface area contributed by atoms with Crippen molar-refractivity contribution in [3.8, 4) is 0 Å². The number of nitrogens with zero attached hydrogens (tertiary/aromatic N) is 2. The van der Waals surface area contributed by atoms with Gasteiger partial charge in [0.1, 0.15) is 6.04 Å². The third kappa shape index (κ3) is 7.89. The van der Waals surface area contributed by atoms with Gasteiger partial charge in [-0.15, -0.1) is 0 Å². The molecule has 7 nitrogen and oxygen atoms in total. The molecular weight excluding hydrogens is 497 g/mol. The number of hydrogen-bond donors (Lipinski definition) is 1. The van der Waals surface area contributed by atoms with E-state index in [0.717, 1.165) is 6.26 Å². The van der Waals surface area contributed by atoms with E-state index in [9.17, 15) is 18.0 Å². The molecule has 0 bridgehead atoms. The lowest BCUT2D eigenvalue weighted by molar-refractivity contribution is -0.140. The lowest BCUT2D eigenvalue weighted by Gasteiger charge is -2.30. The van der Waals surface area contributed by atoms with E-state index >= 15 is 0 Å². The maximum Gasteiger partial charge on any atom is 0.242 e. The van der Waals surface area contributed by atoms with E-state index in [0.29, 0.717) is 21.3 Å². The topological polar surface area (TPSA) is 86.8 Å². The zero-order chi connectivity index (χ0) is 25.5. The lowest BCUT2D eigenvalue weighted by atomic mass is 10.1. The molecule has 0 unspecified atom stereocenters. The second-order valence-corrected chi connectivity index (χ2v) is 11.1. The molecule has 2 amide bonds. The van der Waals surface area contributed by atoms with Crippen molar-refractivity contribution in [1.29, 1.82) is 0 Å². The summed E-state index contributed by atoms with van der Waals surface area (Å²) in [5, 5.41) is 3.62. The van der Waals surface area contributed by atoms with Crippen molar-refractivity contribution in [2.45, 2.75) is 52.2 Å². The predicted molar refractivity (Wildman–Crippen MR) is 138 cm³/mol. The van der Waals surface area contributed by atoms with Crippen LogP contribution in [-0.4, -0.2) is 50.0 Å². The number of carbonyl (C=O) groups is 2. The Kier molecular flexibility index (Phi) is 10.2. The third-order valence-corrected chi connectivity index (χ3v) is 7.09. The first kappa shape index (κ1) is 28.0. The van der Waals surface area contributed by atoms with Crippen LogP contribution in [0.4, 0.5) is 5.69 Å². The Morgan fingerprint density at radius 1 is 0.971 bits per heavy atom. The molecule has 0 spiro atoms. The highest BCUT2D eigenvalue weighted by molar-refractivity contribution is 7.92. The smallest absolute Gasteiger partial charge is 0.242 e. The summed E-state index contributed by atoms with van der Waals surface area (Å²) < 4.78 is 25.9. The average Bonchev–Trinajstić information content (AvgIpc) is 2.75.